The van der Waals surface area contributed by atoms with Crippen LogP contribution in [0.4, 0.5) is 0 Å². The van der Waals surface area contributed by atoms with Gasteiger partial charge in [-0.2, -0.15) is 10.1 Å². The molecule has 10 heteroatoms. The second-order valence-corrected chi connectivity index (χ2v) is 5.58. The minimum absolute atomic E-state index is 0.0228. The molecular formula is C16H12N6O4. The van der Waals surface area contributed by atoms with Crippen molar-refractivity contribution >= 4 is 17.1 Å². The first-order chi connectivity index (χ1) is 12.5. The number of carboxylic acids is 1. The predicted molar refractivity (Wildman–Crippen MR) is 89.4 cm³/mol. The molecule has 26 heavy (non-hydrogen) atoms. The van der Waals surface area contributed by atoms with E-state index in [1.165, 1.54) is 23.4 Å². The van der Waals surface area contributed by atoms with Crippen LogP contribution >= 0.6 is 0 Å². The number of carboxylic acid groups (broad SMARTS) is 1. The summed E-state index contributed by atoms with van der Waals surface area (Å²) in [6.45, 7) is 0.395. The van der Waals surface area contributed by atoms with Crippen molar-refractivity contribution in [1.29, 1.82) is 0 Å². The van der Waals surface area contributed by atoms with Crippen molar-refractivity contribution in [2.24, 2.45) is 0 Å². The summed E-state index contributed by atoms with van der Waals surface area (Å²) < 4.78 is 2.87. The number of aromatic carboxylic acids is 1. The number of phenolic OH excluding ortho intramolecular Hbond substituents is 1. The number of nitrogens with zero attached hydrogens (tertiary/aromatic N) is 5. The van der Waals surface area contributed by atoms with Gasteiger partial charge in [-0.05, 0) is 17.7 Å². The first-order valence-corrected chi connectivity index (χ1v) is 7.52. The van der Waals surface area contributed by atoms with E-state index in [2.05, 4.69) is 20.1 Å². The second kappa shape index (κ2) is 5.84. The van der Waals surface area contributed by atoms with Crippen LogP contribution in [0, 0.1) is 0 Å². The fraction of sp³-hybridized carbons (Fsp3) is 0.0625. The third-order valence-corrected chi connectivity index (χ3v) is 3.80. The molecule has 4 aromatic rings. The minimum atomic E-state index is -1.13. The number of fused-ring (bicyclic) bond motifs is 1. The Labute approximate surface area is 145 Å². The third kappa shape index (κ3) is 2.69. The molecule has 3 aromatic heterocycles. The lowest BCUT2D eigenvalue weighted by Gasteiger charge is -2.05. The van der Waals surface area contributed by atoms with Gasteiger partial charge in [-0.25, -0.2) is 14.5 Å². The molecule has 0 aliphatic carbocycles. The van der Waals surface area contributed by atoms with E-state index >= 15 is 0 Å². The molecule has 10 nitrogen and oxygen atoms in total. The number of aromatic hydroxyl groups is 1. The summed E-state index contributed by atoms with van der Waals surface area (Å²) in [6, 6.07) is 6.64. The third-order valence-electron chi connectivity index (χ3n) is 3.80. The predicted octanol–water partition coefficient (Wildman–Crippen LogP) is 0.757. The Hall–Kier alpha value is -3.95. The first kappa shape index (κ1) is 15.6. The molecule has 4 rings (SSSR count). The lowest BCUT2D eigenvalue weighted by molar-refractivity contribution is 0.0697. The van der Waals surface area contributed by atoms with E-state index in [0.717, 1.165) is 5.56 Å². The molecule has 1 aromatic carbocycles. The number of benzene rings is 1. The smallest absolute Gasteiger partial charge is 0.338 e. The largest absolute Gasteiger partial charge is 0.508 e. The number of imidazole rings is 1. The SMILES string of the molecule is O=C(O)c1cnn(-c2nc3c(ncn3Cc3ccc(O)cc3)c(=O)[nH]2)c1. The molecule has 0 aliphatic heterocycles. The van der Waals surface area contributed by atoms with Gasteiger partial charge >= 0.3 is 5.97 Å². The van der Waals surface area contributed by atoms with Crippen LogP contribution in [0.5, 0.6) is 5.75 Å². The normalized spacial score (nSPS) is 11.1. The summed E-state index contributed by atoms with van der Waals surface area (Å²) in [5.41, 5.74) is 0.910. The number of hydrogen-bond donors (Lipinski definition) is 3. The van der Waals surface area contributed by atoms with Gasteiger partial charge < -0.3 is 14.8 Å². The van der Waals surface area contributed by atoms with Crippen LogP contribution in [0.3, 0.4) is 0 Å². The van der Waals surface area contributed by atoms with Gasteiger partial charge in [-0.1, -0.05) is 12.1 Å². The van der Waals surface area contributed by atoms with E-state index in [9.17, 15) is 14.7 Å². The number of H-pyrrole nitrogens is 1. The first-order valence-electron chi connectivity index (χ1n) is 7.52. The van der Waals surface area contributed by atoms with Crippen molar-refractivity contribution in [3.05, 3.63) is 64.5 Å². The van der Waals surface area contributed by atoms with Gasteiger partial charge in [-0.15, -0.1) is 0 Å². The molecule has 3 heterocycles. The summed E-state index contributed by atoms with van der Waals surface area (Å²) in [6.07, 6.45) is 3.92. The van der Waals surface area contributed by atoms with Crippen molar-refractivity contribution in [3.8, 4) is 11.7 Å². The number of nitrogens with one attached hydrogen (secondary N) is 1. The van der Waals surface area contributed by atoms with Gasteiger partial charge in [0.1, 0.15) is 5.75 Å². The van der Waals surface area contributed by atoms with Gasteiger partial charge in [0.2, 0.25) is 5.95 Å². The van der Waals surface area contributed by atoms with Gasteiger partial charge in [-0.3, -0.25) is 9.78 Å². The van der Waals surface area contributed by atoms with E-state index in [0.29, 0.717) is 12.2 Å². The van der Waals surface area contributed by atoms with Crippen LogP contribution in [-0.4, -0.2) is 45.5 Å². The highest BCUT2D eigenvalue weighted by molar-refractivity contribution is 5.86. The number of hydrogen-bond acceptors (Lipinski definition) is 6. The van der Waals surface area contributed by atoms with Crippen LogP contribution in [-0.2, 0) is 6.54 Å². The lowest BCUT2D eigenvalue weighted by Crippen LogP contribution is -2.15. The highest BCUT2D eigenvalue weighted by Crippen LogP contribution is 2.14. The molecule has 0 amide bonds. The molecule has 0 saturated heterocycles. The topological polar surface area (TPSA) is 139 Å². The summed E-state index contributed by atoms with van der Waals surface area (Å²) in [7, 11) is 0. The zero-order valence-electron chi connectivity index (χ0n) is 13.2. The molecule has 0 aliphatic rings. The Morgan fingerprint density at radius 1 is 1.23 bits per heavy atom. The van der Waals surface area contributed by atoms with Gasteiger partial charge in [0.05, 0.1) is 24.6 Å². The van der Waals surface area contributed by atoms with Crippen molar-refractivity contribution in [2.75, 3.05) is 0 Å². The Morgan fingerprint density at radius 3 is 2.69 bits per heavy atom. The molecule has 0 atom stereocenters. The quantitative estimate of drug-likeness (QED) is 0.492. The number of rotatable bonds is 4. The van der Waals surface area contributed by atoms with Crippen LogP contribution in [0.25, 0.3) is 17.1 Å². The Balaban J connectivity index is 1.78. The molecule has 130 valence electrons. The fourth-order valence-electron chi connectivity index (χ4n) is 2.51. The molecule has 0 bridgehead atoms. The summed E-state index contributed by atoms with van der Waals surface area (Å²) in [5, 5.41) is 22.3. The van der Waals surface area contributed by atoms with Crippen LogP contribution in [0.15, 0.2) is 47.8 Å². The Bertz CT molecular complexity index is 1170. The summed E-state index contributed by atoms with van der Waals surface area (Å²) in [5.74, 6) is -0.881. The highest BCUT2D eigenvalue weighted by Gasteiger charge is 2.14. The summed E-state index contributed by atoms with van der Waals surface area (Å²) in [4.78, 5) is 34.2. The number of aromatic amines is 1. The Kier molecular flexibility index (Phi) is 3.50. The molecular weight excluding hydrogens is 340 g/mol. The van der Waals surface area contributed by atoms with E-state index in [-0.39, 0.29) is 22.8 Å². The van der Waals surface area contributed by atoms with E-state index in [4.69, 9.17) is 5.11 Å². The maximum Gasteiger partial charge on any atom is 0.338 e. The van der Waals surface area contributed by atoms with Crippen molar-refractivity contribution in [2.45, 2.75) is 6.54 Å². The van der Waals surface area contributed by atoms with E-state index < -0.39 is 11.5 Å². The van der Waals surface area contributed by atoms with Crippen LogP contribution in [0.1, 0.15) is 15.9 Å². The van der Waals surface area contributed by atoms with Crippen LogP contribution in [0.2, 0.25) is 0 Å². The van der Waals surface area contributed by atoms with Crippen molar-refractivity contribution in [1.82, 2.24) is 29.3 Å². The number of carbonyl (C=O) groups is 1. The van der Waals surface area contributed by atoms with Crippen LogP contribution < -0.4 is 5.56 Å². The summed E-state index contributed by atoms with van der Waals surface area (Å²) >= 11 is 0. The van der Waals surface area contributed by atoms with Gasteiger partial charge in [0.25, 0.3) is 5.56 Å². The average Bonchev–Trinajstić information content (AvgIpc) is 3.25. The molecule has 0 radical (unpaired) electrons. The maximum atomic E-state index is 12.3. The zero-order valence-corrected chi connectivity index (χ0v) is 13.2. The van der Waals surface area contributed by atoms with E-state index in [1.54, 1.807) is 28.8 Å². The molecule has 0 saturated carbocycles. The lowest BCUT2D eigenvalue weighted by atomic mass is 10.2. The zero-order chi connectivity index (χ0) is 18.3. The standard InChI is InChI=1S/C16H12N6O4/c23-11-3-1-9(2-4-11)6-21-8-17-12-13(21)19-16(20-14(12)24)22-7-10(5-18-22)15(25)26/h1-5,7-8,23H,6H2,(H,25,26)(H,19,20,24). The maximum absolute atomic E-state index is 12.3. The second-order valence-electron chi connectivity index (χ2n) is 5.58. The molecule has 0 spiro atoms. The van der Waals surface area contributed by atoms with Gasteiger partial charge in [0, 0.05) is 6.20 Å². The highest BCUT2D eigenvalue weighted by atomic mass is 16.4. The fourth-order valence-corrected chi connectivity index (χ4v) is 2.51. The number of phenols is 1. The monoisotopic (exact) mass is 352 g/mol. The van der Waals surface area contributed by atoms with Crippen molar-refractivity contribution < 1.29 is 15.0 Å². The van der Waals surface area contributed by atoms with Gasteiger partial charge in [0.15, 0.2) is 11.2 Å². The van der Waals surface area contributed by atoms with Crippen molar-refractivity contribution in [3.63, 3.8) is 0 Å². The average molecular weight is 352 g/mol. The Morgan fingerprint density at radius 2 is 2.00 bits per heavy atom. The molecule has 0 fully saturated rings. The molecule has 0 unspecified atom stereocenters. The minimum Gasteiger partial charge on any atom is -0.508 e. The van der Waals surface area contributed by atoms with E-state index in [1.807, 2.05) is 0 Å². The number of aromatic nitrogens is 6. The molecule has 3 N–H and O–H groups in total.